The molecule has 0 radical (unpaired) electrons. The molecule has 2 aromatic rings. The molecule has 0 unspecified atom stereocenters. The normalized spacial score (nSPS) is 15.4. The molecule has 5 nitrogen and oxygen atoms in total. The zero-order valence-electron chi connectivity index (χ0n) is 17.1. The number of likely N-dealkylation sites (tertiary alicyclic amines) is 1. The summed E-state index contributed by atoms with van der Waals surface area (Å²) in [5.41, 5.74) is 2.02. The van der Waals surface area contributed by atoms with Gasteiger partial charge < -0.3 is 4.90 Å². The van der Waals surface area contributed by atoms with Gasteiger partial charge in [-0.25, -0.2) is 8.42 Å². The molecule has 0 atom stereocenters. The number of anilines is 1. The van der Waals surface area contributed by atoms with Crippen LogP contribution in [0.25, 0.3) is 0 Å². The lowest BCUT2D eigenvalue weighted by atomic mass is 9.99. The van der Waals surface area contributed by atoms with Crippen molar-refractivity contribution in [1.29, 1.82) is 0 Å². The van der Waals surface area contributed by atoms with Crippen LogP contribution in [0.3, 0.4) is 0 Å². The predicted molar refractivity (Wildman–Crippen MR) is 117 cm³/mol. The molecule has 1 aliphatic rings. The van der Waals surface area contributed by atoms with Crippen molar-refractivity contribution < 1.29 is 13.2 Å². The predicted octanol–water partition coefficient (Wildman–Crippen LogP) is 4.41. The van der Waals surface area contributed by atoms with Gasteiger partial charge in [0.25, 0.3) is 10.0 Å². The molecular formula is C22H27ClN2O3S. The maximum absolute atomic E-state index is 13.5. The Morgan fingerprint density at radius 1 is 1.10 bits per heavy atom. The maximum atomic E-state index is 13.5. The summed E-state index contributed by atoms with van der Waals surface area (Å²) in [4.78, 5) is 14.9. The average Bonchev–Trinajstić information content (AvgIpc) is 2.69. The molecule has 0 bridgehead atoms. The Bertz CT molecular complexity index is 982. The highest BCUT2D eigenvalue weighted by Gasteiger charge is 2.31. The van der Waals surface area contributed by atoms with E-state index in [-0.39, 0.29) is 17.3 Å². The highest BCUT2D eigenvalue weighted by atomic mass is 35.5. The summed E-state index contributed by atoms with van der Waals surface area (Å²) in [5.74, 6) is 0.397. The van der Waals surface area contributed by atoms with E-state index in [9.17, 15) is 13.2 Å². The summed E-state index contributed by atoms with van der Waals surface area (Å²) in [6.45, 7) is 6.91. The molecule has 29 heavy (non-hydrogen) atoms. The van der Waals surface area contributed by atoms with E-state index in [1.165, 1.54) is 4.31 Å². The number of aryl methyl sites for hydroxylation is 1. The Hall–Kier alpha value is -2.05. The number of halogens is 1. The Kier molecular flexibility index (Phi) is 6.54. The number of carbonyl (C=O) groups is 1. The molecule has 0 saturated carbocycles. The summed E-state index contributed by atoms with van der Waals surface area (Å²) in [5, 5.41) is 0.464. The molecule has 0 N–H and O–H groups in total. The average molecular weight is 435 g/mol. The van der Waals surface area contributed by atoms with Gasteiger partial charge in [-0.15, -0.1) is 0 Å². The molecule has 0 aromatic heterocycles. The van der Waals surface area contributed by atoms with Gasteiger partial charge in [-0.1, -0.05) is 42.3 Å². The number of sulfonamides is 1. The van der Waals surface area contributed by atoms with Crippen LogP contribution in [0.1, 0.15) is 30.9 Å². The quantitative estimate of drug-likeness (QED) is 0.700. The van der Waals surface area contributed by atoms with E-state index in [2.05, 4.69) is 6.92 Å². The molecule has 0 spiro atoms. The van der Waals surface area contributed by atoms with Crippen molar-refractivity contribution >= 4 is 33.2 Å². The third-order valence-corrected chi connectivity index (χ3v) is 7.72. The third kappa shape index (κ3) is 4.75. The van der Waals surface area contributed by atoms with Gasteiger partial charge in [0.15, 0.2) is 0 Å². The van der Waals surface area contributed by atoms with Gasteiger partial charge in [0.2, 0.25) is 5.91 Å². The van der Waals surface area contributed by atoms with E-state index in [4.69, 9.17) is 11.6 Å². The Morgan fingerprint density at radius 3 is 2.34 bits per heavy atom. The van der Waals surface area contributed by atoms with Crippen LogP contribution < -0.4 is 4.31 Å². The second kappa shape index (κ2) is 8.76. The summed E-state index contributed by atoms with van der Waals surface area (Å²) in [7, 11) is -3.93. The first-order chi connectivity index (χ1) is 13.7. The van der Waals surface area contributed by atoms with Crippen LogP contribution >= 0.6 is 11.6 Å². The molecule has 3 rings (SSSR count). The van der Waals surface area contributed by atoms with Crippen LogP contribution in [0.2, 0.25) is 5.02 Å². The number of carbonyl (C=O) groups excluding carboxylic acids is 1. The molecule has 156 valence electrons. The molecule has 1 fully saturated rings. The first-order valence-corrected chi connectivity index (χ1v) is 11.6. The monoisotopic (exact) mass is 434 g/mol. The Balaban J connectivity index is 1.99. The summed E-state index contributed by atoms with van der Waals surface area (Å²) in [6.07, 6.45) is 1.87. The summed E-state index contributed by atoms with van der Waals surface area (Å²) >= 11 is 6.26. The molecule has 1 amide bonds. The lowest BCUT2D eigenvalue weighted by Gasteiger charge is -2.33. The van der Waals surface area contributed by atoms with E-state index in [1.807, 2.05) is 6.92 Å². The molecule has 1 saturated heterocycles. The van der Waals surface area contributed by atoms with E-state index < -0.39 is 10.0 Å². The maximum Gasteiger partial charge on any atom is 0.264 e. The summed E-state index contributed by atoms with van der Waals surface area (Å²) < 4.78 is 28.2. The standard InChI is InChI=1S/C22H27ClN2O3S/c1-16-7-9-19(10-8-16)29(27,28)25(21-6-4-5-20(23)18(21)3)15-22(26)24-13-11-17(2)12-14-24/h4-10,17H,11-15H2,1-3H3. The highest BCUT2D eigenvalue weighted by Crippen LogP contribution is 2.31. The van der Waals surface area contributed by atoms with Crippen LogP contribution in [0.4, 0.5) is 5.69 Å². The number of amides is 1. The molecule has 1 heterocycles. The smallest absolute Gasteiger partial charge is 0.264 e. The van der Waals surface area contributed by atoms with Crippen molar-refractivity contribution in [1.82, 2.24) is 4.90 Å². The first-order valence-electron chi connectivity index (χ1n) is 9.82. The summed E-state index contributed by atoms with van der Waals surface area (Å²) in [6, 6.07) is 11.8. The van der Waals surface area contributed by atoms with Crippen LogP contribution in [0.15, 0.2) is 47.4 Å². The second-order valence-corrected chi connectivity index (χ2v) is 10.0. The van der Waals surface area contributed by atoms with Gasteiger partial charge in [0.1, 0.15) is 6.54 Å². The number of hydrogen-bond acceptors (Lipinski definition) is 3. The van der Waals surface area contributed by atoms with E-state index >= 15 is 0 Å². The van der Waals surface area contributed by atoms with Gasteiger partial charge in [-0.2, -0.15) is 0 Å². The van der Waals surface area contributed by atoms with Crippen molar-refractivity contribution in [3.8, 4) is 0 Å². The fourth-order valence-corrected chi connectivity index (χ4v) is 5.13. The number of nitrogens with zero attached hydrogens (tertiary/aromatic N) is 2. The van der Waals surface area contributed by atoms with Crippen LogP contribution in [0.5, 0.6) is 0 Å². The van der Waals surface area contributed by atoms with Crippen molar-refractivity contribution in [3.05, 3.63) is 58.6 Å². The van der Waals surface area contributed by atoms with Gasteiger partial charge in [-0.3, -0.25) is 9.10 Å². The lowest BCUT2D eigenvalue weighted by molar-refractivity contribution is -0.130. The highest BCUT2D eigenvalue weighted by molar-refractivity contribution is 7.92. The minimum Gasteiger partial charge on any atom is -0.341 e. The molecule has 7 heteroatoms. The fourth-order valence-electron chi connectivity index (χ4n) is 3.48. The van der Waals surface area contributed by atoms with Crippen LogP contribution in [0, 0.1) is 19.8 Å². The van der Waals surface area contributed by atoms with Crippen molar-refractivity contribution in [2.45, 2.75) is 38.5 Å². The molecular weight excluding hydrogens is 408 g/mol. The topological polar surface area (TPSA) is 57.7 Å². The van der Waals surface area contributed by atoms with Gasteiger partial charge in [-0.05, 0) is 62.4 Å². The second-order valence-electron chi connectivity index (χ2n) is 7.77. The lowest BCUT2D eigenvalue weighted by Crippen LogP contribution is -2.46. The fraction of sp³-hybridized carbons (Fsp3) is 0.409. The largest absolute Gasteiger partial charge is 0.341 e. The van der Waals surface area contributed by atoms with Crippen LogP contribution in [-0.2, 0) is 14.8 Å². The zero-order valence-corrected chi connectivity index (χ0v) is 18.6. The van der Waals surface area contributed by atoms with Crippen molar-refractivity contribution in [2.24, 2.45) is 5.92 Å². The van der Waals surface area contributed by atoms with E-state index in [1.54, 1.807) is 54.3 Å². The van der Waals surface area contributed by atoms with Crippen molar-refractivity contribution in [2.75, 3.05) is 23.9 Å². The number of piperidine rings is 1. The molecule has 2 aromatic carbocycles. The number of hydrogen-bond donors (Lipinski definition) is 0. The zero-order chi connectivity index (χ0) is 21.2. The first kappa shape index (κ1) is 21.7. The van der Waals surface area contributed by atoms with Crippen LogP contribution in [-0.4, -0.2) is 38.9 Å². The third-order valence-electron chi connectivity index (χ3n) is 5.53. The van der Waals surface area contributed by atoms with E-state index in [0.29, 0.717) is 35.3 Å². The number of benzene rings is 2. The van der Waals surface area contributed by atoms with Crippen molar-refractivity contribution in [3.63, 3.8) is 0 Å². The Morgan fingerprint density at radius 2 is 1.72 bits per heavy atom. The minimum absolute atomic E-state index is 0.155. The van der Waals surface area contributed by atoms with Gasteiger partial charge in [0.05, 0.1) is 10.6 Å². The van der Waals surface area contributed by atoms with Gasteiger partial charge >= 0.3 is 0 Å². The SMILES string of the molecule is Cc1ccc(S(=O)(=O)N(CC(=O)N2CCC(C)CC2)c2cccc(Cl)c2C)cc1. The Labute approximate surface area is 178 Å². The van der Waals surface area contributed by atoms with E-state index in [0.717, 1.165) is 18.4 Å². The molecule has 1 aliphatic heterocycles. The molecule has 0 aliphatic carbocycles. The minimum atomic E-state index is -3.93. The number of rotatable bonds is 5. The van der Waals surface area contributed by atoms with Gasteiger partial charge in [0, 0.05) is 18.1 Å².